The van der Waals surface area contributed by atoms with Crippen LogP contribution in [-0.4, -0.2) is 19.5 Å². The highest BCUT2D eigenvalue weighted by atomic mass is 28.4. The maximum absolute atomic E-state index is 9.12. The van der Waals surface area contributed by atoms with Crippen LogP contribution in [0.25, 0.3) is 0 Å². The van der Waals surface area contributed by atoms with E-state index in [9.17, 15) is 0 Å². The molecule has 0 saturated carbocycles. The maximum atomic E-state index is 9.12. The zero-order valence-electron chi connectivity index (χ0n) is 16.2. The van der Waals surface area contributed by atoms with Crippen molar-refractivity contribution in [1.82, 2.24) is 4.98 Å². The molecule has 144 valence electrons. The third kappa shape index (κ3) is 3.90. The minimum absolute atomic E-state index is 0.532. The van der Waals surface area contributed by atoms with E-state index in [0.29, 0.717) is 11.3 Å². The van der Waals surface area contributed by atoms with Gasteiger partial charge in [-0.15, -0.1) is 5.16 Å². The van der Waals surface area contributed by atoms with Crippen LogP contribution in [0.5, 0.6) is 0 Å². The van der Waals surface area contributed by atoms with Crippen molar-refractivity contribution >= 4 is 30.1 Å². The van der Waals surface area contributed by atoms with Gasteiger partial charge in [0.05, 0.1) is 23.5 Å². The number of nitrogens with zero attached hydrogens (tertiary/aromatic N) is 3. The summed E-state index contributed by atoms with van der Waals surface area (Å²) in [6, 6.07) is 36.2. The van der Waals surface area contributed by atoms with E-state index in [1.165, 1.54) is 0 Å². The van der Waals surface area contributed by atoms with Gasteiger partial charge in [-0.2, -0.15) is 5.26 Å². The number of aromatic nitrogens is 1. The Labute approximate surface area is 176 Å². The largest absolute Gasteiger partial charge is 0.438 e. The summed E-state index contributed by atoms with van der Waals surface area (Å²) in [4.78, 5) is 4.26. The molecule has 5 heteroatoms. The first-order valence-corrected chi connectivity index (χ1v) is 11.5. The van der Waals surface area contributed by atoms with Crippen molar-refractivity contribution in [3.05, 3.63) is 121 Å². The molecule has 0 aliphatic carbocycles. The minimum atomic E-state index is -2.89. The standard InChI is InChI=1S/C25H19N3OSi/c26-19-21-16-17-27-22(18-21)20-28-29-30(23-10-4-1-5-11-23,24-12-6-2-7-13-24)25-14-8-3-9-15-25/h1-18,20H/b28-20+. The molecule has 0 aliphatic rings. The van der Waals surface area contributed by atoms with Crippen LogP contribution < -0.4 is 15.6 Å². The van der Waals surface area contributed by atoms with Gasteiger partial charge >= 0.3 is 8.32 Å². The molecular weight excluding hydrogens is 386 g/mol. The van der Waals surface area contributed by atoms with E-state index in [0.717, 1.165) is 15.6 Å². The van der Waals surface area contributed by atoms with Crippen molar-refractivity contribution in [3.8, 4) is 6.07 Å². The van der Waals surface area contributed by atoms with Crippen LogP contribution in [0.2, 0.25) is 0 Å². The normalized spacial score (nSPS) is 11.2. The van der Waals surface area contributed by atoms with Gasteiger partial charge in [0.25, 0.3) is 0 Å². The van der Waals surface area contributed by atoms with Crippen molar-refractivity contribution in [2.45, 2.75) is 0 Å². The average Bonchev–Trinajstić information content (AvgIpc) is 2.84. The molecule has 0 unspecified atom stereocenters. The summed E-state index contributed by atoms with van der Waals surface area (Å²) in [5.74, 6) is 0. The van der Waals surface area contributed by atoms with Gasteiger partial charge in [0, 0.05) is 6.20 Å². The first-order chi connectivity index (χ1) is 14.8. The summed E-state index contributed by atoms with van der Waals surface area (Å²) in [5.41, 5.74) is 1.11. The van der Waals surface area contributed by atoms with Crippen LogP contribution in [0.3, 0.4) is 0 Å². The van der Waals surface area contributed by atoms with E-state index < -0.39 is 8.32 Å². The second kappa shape index (κ2) is 8.99. The van der Waals surface area contributed by atoms with Crippen LogP contribution >= 0.6 is 0 Å². The Kier molecular flexibility index (Phi) is 5.79. The van der Waals surface area contributed by atoms with E-state index in [-0.39, 0.29) is 0 Å². The quantitative estimate of drug-likeness (QED) is 0.214. The number of pyridine rings is 1. The molecule has 0 radical (unpaired) electrons. The van der Waals surface area contributed by atoms with Gasteiger partial charge in [-0.25, -0.2) is 0 Å². The summed E-state index contributed by atoms with van der Waals surface area (Å²) < 4.78 is 6.45. The zero-order chi connectivity index (χ0) is 20.7. The highest BCUT2D eigenvalue weighted by molar-refractivity contribution is 7.07. The fourth-order valence-electron chi connectivity index (χ4n) is 3.42. The van der Waals surface area contributed by atoms with Crippen molar-refractivity contribution in [2.75, 3.05) is 0 Å². The van der Waals surface area contributed by atoms with Gasteiger partial charge in [-0.05, 0) is 27.7 Å². The first kappa shape index (κ1) is 19.3. The first-order valence-electron chi connectivity index (χ1n) is 9.57. The molecule has 0 saturated heterocycles. The molecule has 3 aromatic carbocycles. The molecule has 0 aliphatic heterocycles. The van der Waals surface area contributed by atoms with Crippen molar-refractivity contribution in [1.29, 1.82) is 5.26 Å². The lowest BCUT2D eigenvalue weighted by Crippen LogP contribution is -2.68. The smallest absolute Gasteiger partial charge is 0.380 e. The molecule has 30 heavy (non-hydrogen) atoms. The third-order valence-corrected chi connectivity index (χ3v) is 8.64. The Hall–Kier alpha value is -4.01. The summed E-state index contributed by atoms with van der Waals surface area (Å²) in [7, 11) is -2.89. The lowest BCUT2D eigenvalue weighted by atomic mass is 10.2. The molecular formula is C25H19N3OSi. The van der Waals surface area contributed by atoms with Gasteiger partial charge in [-0.3, -0.25) is 4.98 Å². The molecule has 0 atom stereocenters. The fraction of sp³-hybridized carbons (Fsp3) is 0. The molecule has 4 rings (SSSR count). The van der Waals surface area contributed by atoms with Crippen molar-refractivity contribution < 1.29 is 4.53 Å². The molecule has 1 aromatic heterocycles. The Balaban J connectivity index is 1.84. The highest BCUT2D eigenvalue weighted by Crippen LogP contribution is 2.10. The van der Waals surface area contributed by atoms with E-state index in [1.54, 1.807) is 24.5 Å². The fourth-order valence-corrected chi connectivity index (χ4v) is 6.94. The number of oxime groups is 1. The monoisotopic (exact) mass is 405 g/mol. The number of benzene rings is 3. The maximum Gasteiger partial charge on any atom is 0.380 e. The lowest BCUT2D eigenvalue weighted by molar-refractivity contribution is 0.351. The summed E-state index contributed by atoms with van der Waals surface area (Å²) in [6.07, 6.45) is 3.16. The number of hydrogen-bond donors (Lipinski definition) is 0. The van der Waals surface area contributed by atoms with Gasteiger partial charge in [0.15, 0.2) is 0 Å². The molecule has 0 amide bonds. The van der Waals surface area contributed by atoms with Gasteiger partial charge in [-0.1, -0.05) is 91.0 Å². The van der Waals surface area contributed by atoms with Crippen molar-refractivity contribution in [2.24, 2.45) is 5.16 Å². The summed E-state index contributed by atoms with van der Waals surface area (Å²) in [6.45, 7) is 0. The molecule has 0 N–H and O–H groups in total. The van der Waals surface area contributed by atoms with E-state index in [2.05, 4.69) is 52.6 Å². The third-order valence-electron chi connectivity index (χ3n) is 4.83. The second-order valence-corrected chi connectivity index (χ2v) is 9.96. The van der Waals surface area contributed by atoms with Crippen LogP contribution in [0.1, 0.15) is 11.3 Å². The average molecular weight is 406 g/mol. The number of hydrogen-bond acceptors (Lipinski definition) is 4. The Bertz CT molecular complexity index is 1080. The topological polar surface area (TPSA) is 58.3 Å². The van der Waals surface area contributed by atoms with E-state index >= 15 is 0 Å². The Morgan fingerprint density at radius 3 is 1.73 bits per heavy atom. The molecule has 0 spiro atoms. The zero-order valence-corrected chi connectivity index (χ0v) is 17.2. The Morgan fingerprint density at radius 1 is 0.767 bits per heavy atom. The summed E-state index contributed by atoms with van der Waals surface area (Å²) >= 11 is 0. The number of nitriles is 1. The van der Waals surface area contributed by atoms with Gasteiger partial charge in [0.1, 0.15) is 0 Å². The number of rotatable bonds is 6. The van der Waals surface area contributed by atoms with E-state index in [1.807, 2.05) is 54.6 Å². The van der Waals surface area contributed by atoms with Crippen LogP contribution in [-0.2, 0) is 4.53 Å². The molecule has 0 fully saturated rings. The Morgan fingerprint density at radius 2 is 1.27 bits per heavy atom. The molecule has 4 aromatic rings. The second-order valence-electron chi connectivity index (χ2n) is 6.69. The van der Waals surface area contributed by atoms with Gasteiger partial charge < -0.3 is 4.53 Å². The van der Waals surface area contributed by atoms with Crippen LogP contribution in [0.15, 0.2) is 114 Å². The summed E-state index contributed by atoms with van der Waals surface area (Å²) in [5, 5.41) is 16.8. The molecule has 0 bridgehead atoms. The van der Waals surface area contributed by atoms with Gasteiger partial charge in [0.2, 0.25) is 0 Å². The molecule has 4 nitrogen and oxygen atoms in total. The highest BCUT2D eigenvalue weighted by Gasteiger charge is 2.44. The van der Waals surface area contributed by atoms with Crippen LogP contribution in [0.4, 0.5) is 0 Å². The van der Waals surface area contributed by atoms with E-state index in [4.69, 9.17) is 9.79 Å². The molecule has 1 heterocycles. The predicted octanol–water partition coefficient (Wildman–Crippen LogP) is 2.97. The predicted molar refractivity (Wildman–Crippen MR) is 122 cm³/mol. The minimum Gasteiger partial charge on any atom is -0.438 e. The SMILES string of the molecule is N#Cc1ccnc(/C=N/O[Si](c2ccccc2)(c2ccccc2)c2ccccc2)c1. The lowest BCUT2D eigenvalue weighted by Gasteiger charge is -2.29. The van der Waals surface area contributed by atoms with Crippen molar-refractivity contribution in [3.63, 3.8) is 0 Å². The van der Waals surface area contributed by atoms with Crippen LogP contribution in [0, 0.1) is 11.3 Å².